The first kappa shape index (κ1) is 16.9. The van der Waals surface area contributed by atoms with Crippen LogP contribution in [0.15, 0.2) is 46.2 Å². The van der Waals surface area contributed by atoms with Crippen molar-refractivity contribution >= 4 is 26.0 Å². The lowest BCUT2D eigenvalue weighted by Crippen LogP contribution is -2.22. The van der Waals surface area contributed by atoms with Gasteiger partial charge in [-0.25, -0.2) is 4.79 Å². The van der Waals surface area contributed by atoms with Gasteiger partial charge < -0.3 is 9.47 Å². The fourth-order valence-electron chi connectivity index (χ4n) is 1.67. The molecule has 0 heterocycles. The zero-order valence-electron chi connectivity index (χ0n) is 12.5. The van der Waals surface area contributed by atoms with Crippen LogP contribution in [0.1, 0.15) is 0 Å². The Bertz CT molecular complexity index is 452. The van der Waals surface area contributed by atoms with Crippen LogP contribution < -0.4 is 0 Å². The molecule has 0 unspecified atom stereocenters. The third-order valence-electron chi connectivity index (χ3n) is 2.40. The third kappa shape index (κ3) is 7.40. The Labute approximate surface area is 126 Å². The van der Waals surface area contributed by atoms with Gasteiger partial charge in [0.05, 0.1) is 7.11 Å². The molecule has 0 aliphatic rings. The van der Waals surface area contributed by atoms with Crippen molar-refractivity contribution in [2.45, 2.75) is 30.6 Å². The molecule has 0 radical (unpaired) electrons. The van der Waals surface area contributed by atoms with Gasteiger partial charge in [-0.05, 0) is 29.2 Å². The first-order valence-corrected chi connectivity index (χ1v) is 11.1. The summed E-state index contributed by atoms with van der Waals surface area (Å²) in [6.45, 7) is 7.20. The highest BCUT2D eigenvalue weighted by Gasteiger charge is 2.17. The Balaban J connectivity index is 2.68. The van der Waals surface area contributed by atoms with Crippen LogP contribution in [0.5, 0.6) is 0 Å². The molecule has 0 amide bonds. The van der Waals surface area contributed by atoms with Gasteiger partial charge in [0.1, 0.15) is 6.61 Å². The quantitative estimate of drug-likeness (QED) is 0.430. The number of carbonyl (C=O) groups excluding carboxylic acids is 1. The maximum Gasteiger partial charge on any atom is 0.508 e. The monoisotopic (exact) mass is 310 g/mol. The molecule has 0 aliphatic heterocycles. The molecule has 0 saturated carbocycles. The first-order chi connectivity index (χ1) is 9.40. The van der Waals surface area contributed by atoms with Crippen LogP contribution >= 0.6 is 11.8 Å². The van der Waals surface area contributed by atoms with Crippen molar-refractivity contribution in [1.82, 2.24) is 0 Å². The Kier molecular flexibility index (Phi) is 6.88. The number of ether oxygens (including phenoxy) is 2. The molecule has 1 aromatic carbocycles. The Hall–Kier alpha value is -1.20. The van der Waals surface area contributed by atoms with Crippen molar-refractivity contribution in [1.29, 1.82) is 0 Å². The second-order valence-electron chi connectivity index (χ2n) is 5.69. The van der Waals surface area contributed by atoms with Gasteiger partial charge in [-0.15, -0.1) is 0 Å². The van der Waals surface area contributed by atoms with E-state index in [0.29, 0.717) is 6.61 Å². The molecule has 1 rings (SSSR count). The van der Waals surface area contributed by atoms with Gasteiger partial charge in [0.15, 0.2) is 0 Å². The molecule has 0 bridgehead atoms. The van der Waals surface area contributed by atoms with Crippen molar-refractivity contribution in [3.63, 3.8) is 0 Å². The number of rotatable bonds is 6. The molecule has 20 heavy (non-hydrogen) atoms. The summed E-state index contributed by atoms with van der Waals surface area (Å²) in [5, 5.41) is 2.09. The molecular weight excluding hydrogens is 288 g/mol. The van der Waals surface area contributed by atoms with Gasteiger partial charge in [-0.1, -0.05) is 49.6 Å². The summed E-state index contributed by atoms with van der Waals surface area (Å²) in [6.07, 6.45) is -0.629. The average Bonchev–Trinajstić information content (AvgIpc) is 2.41. The van der Waals surface area contributed by atoms with E-state index in [1.165, 1.54) is 12.0 Å². The summed E-state index contributed by atoms with van der Waals surface area (Å²) in [6, 6.07) is 11.2. The van der Waals surface area contributed by atoms with E-state index in [9.17, 15) is 4.79 Å². The number of benzene rings is 1. The summed E-state index contributed by atoms with van der Waals surface area (Å²) >= 11 is 1.66. The van der Waals surface area contributed by atoms with Gasteiger partial charge in [0, 0.05) is 13.0 Å². The maximum absolute atomic E-state index is 11.1. The van der Waals surface area contributed by atoms with Crippen LogP contribution in [0.4, 0.5) is 4.79 Å². The van der Waals surface area contributed by atoms with Crippen molar-refractivity contribution < 1.29 is 14.3 Å². The van der Waals surface area contributed by atoms with Gasteiger partial charge in [-0.2, -0.15) is 0 Å². The molecular formula is C15H22O3SSi. The highest BCUT2D eigenvalue weighted by molar-refractivity contribution is 8.02. The standard InChI is InChI=1S/C15H22O3SSi/c1-17-15(16)18-10-13(12-20(2,3)4)11-19-14-8-6-5-7-9-14/h5-9,11H,10,12H2,1-4H3/b13-11-. The molecule has 5 heteroatoms. The zero-order chi connectivity index (χ0) is 15.0. The van der Waals surface area contributed by atoms with E-state index >= 15 is 0 Å². The minimum absolute atomic E-state index is 0.302. The van der Waals surface area contributed by atoms with Crippen molar-refractivity contribution in [3.8, 4) is 0 Å². The smallest absolute Gasteiger partial charge is 0.438 e. The van der Waals surface area contributed by atoms with Crippen LogP contribution in [0.2, 0.25) is 25.7 Å². The number of methoxy groups -OCH3 is 1. The Morgan fingerprint density at radius 2 is 1.90 bits per heavy atom. The lowest BCUT2D eigenvalue weighted by atomic mass is 10.4. The number of hydrogen-bond donors (Lipinski definition) is 0. The molecule has 1 aromatic rings. The minimum Gasteiger partial charge on any atom is -0.438 e. The predicted octanol–water partition coefficient (Wildman–Crippen LogP) is 4.78. The van der Waals surface area contributed by atoms with E-state index in [0.717, 1.165) is 11.6 Å². The molecule has 0 atom stereocenters. The normalized spacial score (nSPS) is 12.1. The van der Waals surface area contributed by atoms with E-state index in [1.807, 2.05) is 18.2 Å². The van der Waals surface area contributed by atoms with E-state index < -0.39 is 14.2 Å². The molecule has 110 valence electrons. The van der Waals surface area contributed by atoms with Crippen molar-refractivity contribution in [2.75, 3.05) is 13.7 Å². The maximum atomic E-state index is 11.1. The summed E-state index contributed by atoms with van der Waals surface area (Å²) < 4.78 is 9.58. The molecule has 0 saturated heterocycles. The SMILES string of the molecule is COC(=O)OC/C(=C/Sc1ccccc1)C[Si](C)(C)C. The topological polar surface area (TPSA) is 35.5 Å². The molecule has 0 N–H and O–H groups in total. The van der Waals surface area contributed by atoms with Crippen LogP contribution in [-0.4, -0.2) is 27.9 Å². The summed E-state index contributed by atoms with van der Waals surface area (Å²) in [5.74, 6) is 0. The lowest BCUT2D eigenvalue weighted by molar-refractivity contribution is 0.0799. The predicted molar refractivity (Wildman–Crippen MR) is 86.9 cm³/mol. The molecule has 0 aliphatic carbocycles. The second-order valence-corrected chi connectivity index (χ2v) is 12.1. The highest BCUT2D eigenvalue weighted by Crippen LogP contribution is 2.24. The molecule has 0 spiro atoms. The third-order valence-corrected chi connectivity index (χ3v) is 4.91. The van der Waals surface area contributed by atoms with Gasteiger partial charge in [-0.3, -0.25) is 0 Å². The Morgan fingerprint density at radius 3 is 2.45 bits per heavy atom. The van der Waals surface area contributed by atoms with Crippen LogP contribution in [0.25, 0.3) is 0 Å². The van der Waals surface area contributed by atoms with Crippen LogP contribution in [-0.2, 0) is 9.47 Å². The highest BCUT2D eigenvalue weighted by atomic mass is 32.2. The summed E-state index contributed by atoms with van der Waals surface area (Å²) in [5.41, 5.74) is 1.14. The number of carbonyl (C=O) groups is 1. The zero-order valence-corrected chi connectivity index (χ0v) is 14.3. The van der Waals surface area contributed by atoms with E-state index in [2.05, 4.69) is 41.9 Å². The fourth-order valence-corrected chi connectivity index (χ4v) is 4.15. The lowest BCUT2D eigenvalue weighted by Gasteiger charge is -2.18. The Morgan fingerprint density at radius 1 is 1.25 bits per heavy atom. The first-order valence-electron chi connectivity index (χ1n) is 6.51. The average molecular weight is 310 g/mol. The summed E-state index contributed by atoms with van der Waals surface area (Å²) in [7, 11) is 0.0680. The van der Waals surface area contributed by atoms with E-state index in [4.69, 9.17) is 4.74 Å². The van der Waals surface area contributed by atoms with Crippen molar-refractivity contribution in [2.24, 2.45) is 0 Å². The van der Waals surface area contributed by atoms with Crippen LogP contribution in [0, 0.1) is 0 Å². The van der Waals surface area contributed by atoms with Crippen LogP contribution in [0.3, 0.4) is 0 Å². The number of thioether (sulfide) groups is 1. The second kappa shape index (κ2) is 8.17. The number of hydrogen-bond acceptors (Lipinski definition) is 4. The van der Waals surface area contributed by atoms with Gasteiger partial charge in [0.2, 0.25) is 0 Å². The largest absolute Gasteiger partial charge is 0.508 e. The molecule has 3 nitrogen and oxygen atoms in total. The van der Waals surface area contributed by atoms with Crippen molar-refractivity contribution in [3.05, 3.63) is 41.3 Å². The van der Waals surface area contributed by atoms with E-state index in [-0.39, 0.29) is 0 Å². The molecule has 0 fully saturated rings. The fraction of sp³-hybridized carbons (Fsp3) is 0.400. The van der Waals surface area contributed by atoms with Gasteiger partial charge >= 0.3 is 6.16 Å². The minimum atomic E-state index is -1.25. The van der Waals surface area contributed by atoms with Gasteiger partial charge in [0.25, 0.3) is 0 Å². The summed E-state index contributed by atoms with van der Waals surface area (Å²) in [4.78, 5) is 12.3. The van der Waals surface area contributed by atoms with E-state index in [1.54, 1.807) is 11.8 Å². The molecule has 0 aromatic heterocycles.